The topological polar surface area (TPSA) is 50.3 Å². The molecule has 0 atom stereocenters. The van der Waals surface area contributed by atoms with Crippen molar-refractivity contribution >= 4 is 11.7 Å². The van der Waals surface area contributed by atoms with Gasteiger partial charge in [0.05, 0.1) is 6.42 Å². The lowest BCUT2D eigenvalue weighted by Gasteiger charge is -2.08. The lowest BCUT2D eigenvalue weighted by Crippen LogP contribution is -2.24. The molecule has 0 aliphatic carbocycles. The van der Waals surface area contributed by atoms with Gasteiger partial charge in [0, 0.05) is 20.3 Å². The number of ketones is 1. The number of amides is 1. The van der Waals surface area contributed by atoms with Crippen molar-refractivity contribution < 1.29 is 9.59 Å². The molecule has 1 aromatic rings. The Kier molecular flexibility index (Phi) is 3.34. The molecule has 4 heteroatoms. The van der Waals surface area contributed by atoms with Crippen LogP contribution in [0.15, 0.2) is 24.4 Å². The van der Waals surface area contributed by atoms with Gasteiger partial charge >= 0.3 is 0 Å². The van der Waals surface area contributed by atoms with E-state index in [0.29, 0.717) is 5.69 Å². The maximum atomic E-state index is 11.4. The number of aromatic nitrogens is 1. The third-order valence-corrected chi connectivity index (χ3v) is 1.76. The van der Waals surface area contributed by atoms with Crippen molar-refractivity contribution in [2.45, 2.75) is 6.42 Å². The molecule has 0 bridgehead atoms. The molecule has 74 valence electrons. The summed E-state index contributed by atoms with van der Waals surface area (Å²) in [5.41, 5.74) is 0.336. The Labute approximate surface area is 82.6 Å². The van der Waals surface area contributed by atoms with Crippen LogP contribution in [-0.4, -0.2) is 35.7 Å². The SMILES string of the molecule is CN(C)C(=O)CC(=O)c1ccccn1. The summed E-state index contributed by atoms with van der Waals surface area (Å²) in [6.07, 6.45) is 1.41. The van der Waals surface area contributed by atoms with Gasteiger partial charge < -0.3 is 4.90 Å². The number of hydrogen-bond donors (Lipinski definition) is 0. The van der Waals surface area contributed by atoms with Crippen molar-refractivity contribution in [3.8, 4) is 0 Å². The van der Waals surface area contributed by atoms with Crippen LogP contribution in [0.5, 0.6) is 0 Å². The predicted molar refractivity (Wildman–Crippen MR) is 51.9 cm³/mol. The Morgan fingerprint density at radius 2 is 2.07 bits per heavy atom. The van der Waals surface area contributed by atoms with Gasteiger partial charge in [0.25, 0.3) is 0 Å². The second kappa shape index (κ2) is 4.50. The van der Waals surface area contributed by atoms with Gasteiger partial charge in [-0.25, -0.2) is 0 Å². The average molecular weight is 192 g/mol. The first-order valence-corrected chi connectivity index (χ1v) is 4.25. The van der Waals surface area contributed by atoms with E-state index >= 15 is 0 Å². The second-order valence-electron chi connectivity index (χ2n) is 3.10. The summed E-state index contributed by atoms with van der Waals surface area (Å²) >= 11 is 0. The highest BCUT2D eigenvalue weighted by Gasteiger charge is 2.13. The maximum absolute atomic E-state index is 11.4. The Balaban J connectivity index is 2.65. The summed E-state index contributed by atoms with van der Waals surface area (Å²) in [6.45, 7) is 0. The molecule has 1 aromatic heterocycles. The highest BCUT2D eigenvalue weighted by Crippen LogP contribution is 2.00. The fourth-order valence-electron chi connectivity index (χ4n) is 0.914. The molecule has 0 radical (unpaired) electrons. The van der Waals surface area contributed by atoms with Crippen LogP contribution in [0.2, 0.25) is 0 Å². The number of nitrogens with zero attached hydrogens (tertiary/aromatic N) is 2. The van der Waals surface area contributed by atoms with Gasteiger partial charge in [-0.1, -0.05) is 6.07 Å². The van der Waals surface area contributed by atoms with Crippen LogP contribution < -0.4 is 0 Å². The van der Waals surface area contributed by atoms with E-state index in [4.69, 9.17) is 0 Å². The molecular formula is C10H12N2O2. The molecule has 4 nitrogen and oxygen atoms in total. The molecule has 1 heterocycles. The first-order valence-electron chi connectivity index (χ1n) is 4.25. The molecule has 0 aromatic carbocycles. The van der Waals surface area contributed by atoms with Crippen LogP contribution in [0.3, 0.4) is 0 Å². The summed E-state index contributed by atoms with van der Waals surface area (Å²) in [4.78, 5) is 27.9. The van der Waals surface area contributed by atoms with Crippen molar-refractivity contribution in [2.75, 3.05) is 14.1 Å². The molecule has 0 saturated carbocycles. The quantitative estimate of drug-likeness (QED) is 0.524. The molecule has 1 rings (SSSR count). The van der Waals surface area contributed by atoms with Gasteiger partial charge in [0.15, 0.2) is 5.78 Å². The average Bonchev–Trinajstić information content (AvgIpc) is 2.19. The molecule has 0 aliphatic rings. The maximum Gasteiger partial charge on any atom is 0.229 e. The predicted octanol–water partition coefficient (Wildman–Crippen LogP) is 0.743. The zero-order valence-corrected chi connectivity index (χ0v) is 8.23. The van der Waals surface area contributed by atoms with Crippen LogP contribution >= 0.6 is 0 Å². The zero-order chi connectivity index (χ0) is 10.6. The normalized spacial score (nSPS) is 9.57. The lowest BCUT2D eigenvalue weighted by atomic mass is 10.2. The summed E-state index contributed by atoms with van der Waals surface area (Å²) in [7, 11) is 3.24. The van der Waals surface area contributed by atoms with Crippen molar-refractivity contribution in [3.05, 3.63) is 30.1 Å². The molecule has 0 unspecified atom stereocenters. The van der Waals surface area contributed by atoms with Gasteiger partial charge in [-0.05, 0) is 12.1 Å². The number of rotatable bonds is 3. The van der Waals surface area contributed by atoms with Crippen molar-refractivity contribution in [3.63, 3.8) is 0 Å². The van der Waals surface area contributed by atoms with Crippen LogP contribution in [0.25, 0.3) is 0 Å². The van der Waals surface area contributed by atoms with Crippen molar-refractivity contribution in [2.24, 2.45) is 0 Å². The Bertz CT molecular complexity index is 333. The first-order chi connectivity index (χ1) is 6.61. The van der Waals surface area contributed by atoms with Crippen molar-refractivity contribution in [1.29, 1.82) is 0 Å². The summed E-state index contributed by atoms with van der Waals surface area (Å²) in [6, 6.07) is 5.05. The van der Waals surface area contributed by atoms with Gasteiger partial charge in [-0.2, -0.15) is 0 Å². The highest BCUT2D eigenvalue weighted by molar-refractivity contribution is 6.06. The van der Waals surface area contributed by atoms with E-state index in [1.807, 2.05) is 0 Å². The standard InChI is InChI=1S/C10H12N2O2/c1-12(2)10(14)7-9(13)8-5-3-4-6-11-8/h3-6H,7H2,1-2H3. The van der Waals surface area contributed by atoms with Crippen LogP contribution in [-0.2, 0) is 4.79 Å². The van der Waals surface area contributed by atoms with E-state index in [0.717, 1.165) is 0 Å². The number of carbonyl (C=O) groups is 2. The van der Waals surface area contributed by atoms with Gasteiger partial charge in [0.1, 0.15) is 5.69 Å². The fraction of sp³-hybridized carbons (Fsp3) is 0.300. The molecule has 0 saturated heterocycles. The number of Topliss-reactive ketones (excluding diaryl/α,β-unsaturated/α-hetero) is 1. The highest BCUT2D eigenvalue weighted by atomic mass is 16.2. The minimum atomic E-state index is -0.246. The first kappa shape index (κ1) is 10.4. The van der Waals surface area contributed by atoms with Gasteiger partial charge in [-0.3, -0.25) is 14.6 Å². The molecule has 14 heavy (non-hydrogen) atoms. The van der Waals surface area contributed by atoms with Gasteiger partial charge in [0.2, 0.25) is 5.91 Å². The molecule has 0 aliphatic heterocycles. The Morgan fingerprint density at radius 3 is 2.57 bits per heavy atom. The Hall–Kier alpha value is -1.71. The lowest BCUT2D eigenvalue weighted by molar-refractivity contribution is -0.127. The largest absolute Gasteiger partial charge is 0.348 e. The number of carbonyl (C=O) groups excluding carboxylic acids is 2. The summed E-state index contributed by atoms with van der Waals surface area (Å²) in [5, 5.41) is 0. The molecule has 0 fully saturated rings. The van der Waals surface area contributed by atoms with E-state index in [9.17, 15) is 9.59 Å². The van der Waals surface area contributed by atoms with Crippen LogP contribution in [0, 0.1) is 0 Å². The summed E-state index contributed by atoms with van der Waals surface area (Å²) in [5.74, 6) is -0.454. The molecule has 0 N–H and O–H groups in total. The summed E-state index contributed by atoms with van der Waals surface area (Å²) < 4.78 is 0. The minimum absolute atomic E-state index is 0.121. The van der Waals surface area contributed by atoms with Crippen molar-refractivity contribution in [1.82, 2.24) is 9.88 Å². The van der Waals surface area contributed by atoms with E-state index < -0.39 is 0 Å². The monoisotopic (exact) mass is 192 g/mol. The van der Waals surface area contributed by atoms with Crippen LogP contribution in [0.1, 0.15) is 16.9 Å². The van der Waals surface area contributed by atoms with Gasteiger partial charge in [-0.15, -0.1) is 0 Å². The second-order valence-corrected chi connectivity index (χ2v) is 3.10. The van der Waals surface area contributed by atoms with Crippen LogP contribution in [0.4, 0.5) is 0 Å². The third-order valence-electron chi connectivity index (χ3n) is 1.76. The molecular weight excluding hydrogens is 180 g/mol. The zero-order valence-electron chi connectivity index (χ0n) is 8.23. The number of hydrogen-bond acceptors (Lipinski definition) is 3. The van der Waals surface area contributed by atoms with E-state index in [1.165, 1.54) is 11.1 Å². The smallest absolute Gasteiger partial charge is 0.229 e. The minimum Gasteiger partial charge on any atom is -0.348 e. The van der Waals surface area contributed by atoms with E-state index in [-0.39, 0.29) is 18.1 Å². The third kappa shape index (κ3) is 2.65. The van der Waals surface area contributed by atoms with E-state index in [1.54, 1.807) is 32.3 Å². The van der Waals surface area contributed by atoms with E-state index in [2.05, 4.69) is 4.98 Å². The number of pyridine rings is 1. The molecule has 0 spiro atoms. The molecule has 1 amide bonds. The fourth-order valence-corrected chi connectivity index (χ4v) is 0.914. The Morgan fingerprint density at radius 1 is 1.36 bits per heavy atom.